The van der Waals surface area contributed by atoms with Crippen LogP contribution in [0, 0.1) is 0 Å². The monoisotopic (exact) mass is 415 g/mol. The minimum Gasteiger partial charge on any atom is -0.490 e. The van der Waals surface area contributed by atoms with Crippen molar-refractivity contribution in [1.29, 1.82) is 0 Å². The Morgan fingerprint density at radius 2 is 1.83 bits per heavy atom. The van der Waals surface area contributed by atoms with Gasteiger partial charge in [-0.05, 0) is 47.9 Å². The van der Waals surface area contributed by atoms with E-state index in [1.165, 1.54) is 6.08 Å². The molecule has 1 heterocycles. The van der Waals surface area contributed by atoms with E-state index in [1.54, 1.807) is 30.3 Å². The fraction of sp³-hybridized carbons (Fsp3) is 0.273. The minimum atomic E-state index is -0.593. The van der Waals surface area contributed by atoms with Crippen molar-refractivity contribution >= 4 is 29.6 Å². The van der Waals surface area contributed by atoms with Crippen LogP contribution in [-0.2, 0) is 20.7 Å². The lowest BCUT2D eigenvalue weighted by atomic mass is 10.1. The van der Waals surface area contributed by atoms with Crippen molar-refractivity contribution < 1.29 is 23.8 Å². The third kappa shape index (κ3) is 6.84. The lowest BCUT2D eigenvalue weighted by Crippen LogP contribution is -2.30. The summed E-state index contributed by atoms with van der Waals surface area (Å²) in [5.74, 6) is 0.400. The second-order valence-electron chi connectivity index (χ2n) is 6.42. The Morgan fingerprint density at radius 1 is 1.07 bits per heavy atom. The minimum absolute atomic E-state index is 0.328. The number of hydrogen-bond acceptors (Lipinski definition) is 5. The summed E-state index contributed by atoms with van der Waals surface area (Å²) in [6.45, 7) is 1.33. The normalized spacial score (nSPS) is 13.0. The summed E-state index contributed by atoms with van der Waals surface area (Å²) in [4.78, 5) is 23.6. The van der Waals surface area contributed by atoms with Gasteiger partial charge >= 0.3 is 5.97 Å². The smallest absolute Gasteiger partial charge is 0.331 e. The topological polar surface area (TPSA) is 73.9 Å². The molecule has 3 rings (SSSR count). The maximum Gasteiger partial charge on any atom is 0.331 e. The van der Waals surface area contributed by atoms with Gasteiger partial charge in [0, 0.05) is 24.1 Å². The molecule has 0 fully saturated rings. The third-order valence-corrected chi connectivity index (χ3v) is 4.43. The fourth-order valence-corrected chi connectivity index (χ4v) is 2.81. The summed E-state index contributed by atoms with van der Waals surface area (Å²) in [5.41, 5.74) is 1.84. The van der Waals surface area contributed by atoms with Crippen LogP contribution in [0.15, 0.2) is 48.5 Å². The number of rotatable bonds is 7. The summed E-state index contributed by atoms with van der Waals surface area (Å²) in [6, 6.07) is 12.8. The van der Waals surface area contributed by atoms with Gasteiger partial charge in [-0.2, -0.15) is 0 Å². The van der Waals surface area contributed by atoms with E-state index < -0.39 is 5.97 Å². The van der Waals surface area contributed by atoms with Crippen LogP contribution in [0.5, 0.6) is 11.5 Å². The average Bonchev–Trinajstić information content (AvgIpc) is 2.97. The van der Waals surface area contributed by atoms with E-state index in [1.807, 2.05) is 18.2 Å². The molecule has 2 aromatic carbocycles. The molecule has 0 atom stereocenters. The Morgan fingerprint density at radius 3 is 2.62 bits per heavy atom. The summed E-state index contributed by atoms with van der Waals surface area (Å²) >= 11 is 5.83. The summed E-state index contributed by atoms with van der Waals surface area (Å²) in [6.07, 6.45) is 4.38. The number of carbonyl (C=O) groups is 2. The van der Waals surface area contributed by atoms with Gasteiger partial charge in [-0.1, -0.05) is 29.8 Å². The zero-order valence-corrected chi connectivity index (χ0v) is 16.6. The van der Waals surface area contributed by atoms with Crippen molar-refractivity contribution in [3.63, 3.8) is 0 Å². The van der Waals surface area contributed by atoms with Crippen molar-refractivity contribution in [2.45, 2.75) is 12.8 Å². The first-order chi connectivity index (χ1) is 14.1. The number of halogens is 1. The molecule has 7 heteroatoms. The van der Waals surface area contributed by atoms with Gasteiger partial charge in [0.25, 0.3) is 5.91 Å². The van der Waals surface area contributed by atoms with E-state index in [4.69, 9.17) is 25.8 Å². The molecule has 1 aliphatic heterocycles. The average molecular weight is 416 g/mol. The third-order valence-electron chi connectivity index (χ3n) is 4.18. The fourth-order valence-electron chi connectivity index (χ4n) is 2.68. The number of benzene rings is 2. The van der Waals surface area contributed by atoms with Gasteiger partial charge in [-0.25, -0.2) is 4.79 Å². The van der Waals surface area contributed by atoms with Gasteiger partial charge in [0.1, 0.15) is 0 Å². The number of nitrogens with one attached hydrogen (secondary N) is 1. The van der Waals surface area contributed by atoms with Crippen LogP contribution in [0.1, 0.15) is 17.5 Å². The zero-order chi connectivity index (χ0) is 20.5. The lowest BCUT2D eigenvalue weighted by Gasteiger charge is -2.07. The van der Waals surface area contributed by atoms with Crippen molar-refractivity contribution in [3.05, 3.63) is 64.7 Å². The molecule has 29 heavy (non-hydrogen) atoms. The van der Waals surface area contributed by atoms with Crippen LogP contribution in [0.4, 0.5) is 0 Å². The maximum atomic E-state index is 11.8. The first kappa shape index (κ1) is 20.7. The van der Waals surface area contributed by atoms with Crippen LogP contribution in [0.3, 0.4) is 0 Å². The van der Waals surface area contributed by atoms with Gasteiger partial charge in [0.2, 0.25) is 0 Å². The van der Waals surface area contributed by atoms with Crippen LogP contribution < -0.4 is 14.8 Å². The molecule has 1 amide bonds. The van der Waals surface area contributed by atoms with E-state index in [-0.39, 0.29) is 12.5 Å². The number of fused-ring (bicyclic) bond motifs is 1. The highest BCUT2D eigenvalue weighted by atomic mass is 35.5. The molecule has 2 aromatic rings. The first-order valence-electron chi connectivity index (χ1n) is 9.36. The molecule has 0 bridgehead atoms. The van der Waals surface area contributed by atoms with Gasteiger partial charge in [-0.15, -0.1) is 0 Å². The van der Waals surface area contributed by atoms with E-state index in [0.717, 1.165) is 17.5 Å². The van der Waals surface area contributed by atoms with E-state index in [2.05, 4.69) is 5.32 Å². The molecule has 0 aromatic heterocycles. The zero-order valence-electron chi connectivity index (χ0n) is 15.9. The standard InChI is InChI=1S/C22H22ClNO5/c23-18-6-2-16(3-7-18)10-11-24-21(25)15-29-22(26)9-5-17-4-8-19-20(14-17)28-13-1-12-27-19/h2-9,14H,1,10-13,15H2,(H,24,25)/b9-5+. The highest BCUT2D eigenvalue weighted by molar-refractivity contribution is 6.30. The van der Waals surface area contributed by atoms with E-state index >= 15 is 0 Å². The number of ether oxygens (including phenoxy) is 3. The molecule has 152 valence electrons. The Bertz CT molecular complexity index is 879. The number of hydrogen-bond donors (Lipinski definition) is 1. The summed E-state index contributed by atoms with van der Waals surface area (Å²) in [5, 5.41) is 3.38. The van der Waals surface area contributed by atoms with Gasteiger partial charge in [0.15, 0.2) is 18.1 Å². The second kappa shape index (κ2) is 10.5. The molecule has 0 radical (unpaired) electrons. The van der Waals surface area contributed by atoms with Crippen LogP contribution in [-0.4, -0.2) is 38.2 Å². The lowest BCUT2D eigenvalue weighted by molar-refractivity contribution is -0.143. The molecular weight excluding hydrogens is 394 g/mol. The van der Waals surface area contributed by atoms with E-state index in [0.29, 0.717) is 42.7 Å². The number of esters is 1. The number of carbonyl (C=O) groups excluding carboxylic acids is 2. The molecule has 0 saturated heterocycles. The van der Waals surface area contributed by atoms with Crippen molar-refractivity contribution in [3.8, 4) is 11.5 Å². The van der Waals surface area contributed by atoms with Crippen LogP contribution in [0.25, 0.3) is 6.08 Å². The van der Waals surface area contributed by atoms with E-state index in [9.17, 15) is 9.59 Å². The molecule has 0 aliphatic carbocycles. The predicted octanol–water partition coefficient (Wildman–Crippen LogP) is 3.42. The number of amides is 1. The predicted molar refractivity (Wildman–Crippen MR) is 110 cm³/mol. The quantitative estimate of drug-likeness (QED) is 0.554. The first-order valence-corrected chi connectivity index (χ1v) is 9.73. The Balaban J connectivity index is 1.39. The maximum absolute atomic E-state index is 11.8. The van der Waals surface area contributed by atoms with Gasteiger partial charge < -0.3 is 19.5 Å². The van der Waals surface area contributed by atoms with Crippen LogP contribution in [0.2, 0.25) is 5.02 Å². The largest absolute Gasteiger partial charge is 0.490 e. The van der Waals surface area contributed by atoms with Crippen molar-refractivity contribution in [1.82, 2.24) is 5.32 Å². The Hall–Kier alpha value is -2.99. The summed E-state index contributed by atoms with van der Waals surface area (Å²) in [7, 11) is 0. The molecular formula is C22H22ClNO5. The molecule has 0 unspecified atom stereocenters. The Kier molecular flexibility index (Phi) is 7.53. The summed E-state index contributed by atoms with van der Waals surface area (Å²) < 4.78 is 16.1. The highest BCUT2D eigenvalue weighted by Gasteiger charge is 2.10. The second-order valence-corrected chi connectivity index (χ2v) is 6.86. The molecule has 6 nitrogen and oxygen atoms in total. The van der Waals surface area contributed by atoms with Crippen LogP contribution >= 0.6 is 11.6 Å². The van der Waals surface area contributed by atoms with Gasteiger partial charge in [-0.3, -0.25) is 4.79 Å². The van der Waals surface area contributed by atoms with Crippen molar-refractivity contribution in [2.24, 2.45) is 0 Å². The molecule has 1 N–H and O–H groups in total. The molecule has 1 aliphatic rings. The van der Waals surface area contributed by atoms with Gasteiger partial charge in [0.05, 0.1) is 13.2 Å². The van der Waals surface area contributed by atoms with Crippen molar-refractivity contribution in [2.75, 3.05) is 26.4 Å². The Labute approximate surface area is 174 Å². The molecule has 0 saturated carbocycles. The SMILES string of the molecule is O=C(COC(=O)/C=C/c1ccc2c(c1)OCCCO2)NCCc1ccc(Cl)cc1. The molecule has 0 spiro atoms. The highest BCUT2D eigenvalue weighted by Crippen LogP contribution is 2.30.